The molecule has 0 aliphatic rings. The van der Waals surface area contributed by atoms with E-state index in [-0.39, 0.29) is 0 Å². The molecular formula is C23H20N2. The molecule has 0 unspecified atom stereocenters. The maximum absolute atomic E-state index is 8.45. The van der Waals surface area contributed by atoms with Crippen LogP contribution in [0, 0.1) is 10.8 Å². The SMILES string of the molecule is N=C(/C=C(\CC(=N)c1ccccc1)c1ccccc1)c1ccccc1. The van der Waals surface area contributed by atoms with Crippen molar-refractivity contribution in [1.29, 1.82) is 10.8 Å². The Morgan fingerprint density at radius 3 is 1.56 bits per heavy atom. The van der Waals surface area contributed by atoms with Crippen molar-refractivity contribution < 1.29 is 0 Å². The average molecular weight is 324 g/mol. The summed E-state index contributed by atoms with van der Waals surface area (Å²) in [5.74, 6) is 0. The summed E-state index contributed by atoms with van der Waals surface area (Å²) in [6.07, 6.45) is 2.37. The van der Waals surface area contributed by atoms with E-state index in [0.29, 0.717) is 17.8 Å². The van der Waals surface area contributed by atoms with Gasteiger partial charge in [-0.25, -0.2) is 0 Å². The van der Waals surface area contributed by atoms with Crippen molar-refractivity contribution in [3.63, 3.8) is 0 Å². The van der Waals surface area contributed by atoms with Gasteiger partial charge in [0.05, 0.1) is 5.71 Å². The lowest BCUT2D eigenvalue weighted by atomic mass is 9.94. The summed E-state index contributed by atoms with van der Waals surface area (Å²) in [5.41, 5.74) is 4.82. The van der Waals surface area contributed by atoms with Crippen LogP contribution in [0.4, 0.5) is 0 Å². The van der Waals surface area contributed by atoms with Gasteiger partial charge >= 0.3 is 0 Å². The second kappa shape index (κ2) is 8.02. The lowest BCUT2D eigenvalue weighted by Gasteiger charge is -2.11. The van der Waals surface area contributed by atoms with Crippen LogP contribution in [0.2, 0.25) is 0 Å². The zero-order valence-corrected chi connectivity index (χ0v) is 13.9. The van der Waals surface area contributed by atoms with E-state index in [9.17, 15) is 0 Å². The Morgan fingerprint density at radius 1 is 0.600 bits per heavy atom. The molecule has 0 spiro atoms. The van der Waals surface area contributed by atoms with Gasteiger partial charge in [-0.2, -0.15) is 0 Å². The van der Waals surface area contributed by atoms with E-state index >= 15 is 0 Å². The van der Waals surface area contributed by atoms with E-state index in [2.05, 4.69) is 0 Å². The van der Waals surface area contributed by atoms with Crippen molar-refractivity contribution in [2.24, 2.45) is 0 Å². The summed E-state index contributed by atoms with van der Waals surface area (Å²) < 4.78 is 0. The summed E-state index contributed by atoms with van der Waals surface area (Å²) in [6, 6.07) is 29.5. The maximum Gasteiger partial charge on any atom is 0.0615 e. The Labute approximate surface area is 148 Å². The minimum absolute atomic E-state index is 0.459. The smallest absolute Gasteiger partial charge is 0.0615 e. The standard InChI is InChI=1S/C23H20N2/c24-22(19-12-6-2-7-13-19)16-21(18-10-4-1-5-11-18)17-23(25)20-14-8-3-9-15-20/h1-16,24-25H,17H2/b21-16+,24-22?,25-23?. The molecule has 2 heteroatoms. The van der Waals surface area contributed by atoms with Gasteiger partial charge in [-0.15, -0.1) is 0 Å². The Morgan fingerprint density at radius 2 is 1.04 bits per heavy atom. The molecule has 0 heterocycles. The number of hydrogen-bond donors (Lipinski definition) is 2. The normalized spacial score (nSPS) is 11.1. The number of nitrogens with one attached hydrogen (secondary N) is 2. The molecule has 3 rings (SSSR count). The summed E-state index contributed by atoms with van der Waals surface area (Å²) in [7, 11) is 0. The van der Waals surface area contributed by atoms with Crippen molar-refractivity contribution in [1.82, 2.24) is 0 Å². The number of allylic oxidation sites excluding steroid dienone is 2. The molecule has 0 aliphatic heterocycles. The van der Waals surface area contributed by atoms with Crippen LogP contribution in [0.1, 0.15) is 23.1 Å². The summed E-state index contributed by atoms with van der Waals surface area (Å²) in [5, 5.41) is 16.9. The quantitative estimate of drug-likeness (QED) is 0.555. The first-order valence-corrected chi connectivity index (χ1v) is 8.27. The highest BCUT2D eigenvalue weighted by molar-refractivity contribution is 6.13. The van der Waals surface area contributed by atoms with E-state index in [1.807, 2.05) is 97.1 Å². The average Bonchev–Trinajstić information content (AvgIpc) is 2.69. The van der Waals surface area contributed by atoms with E-state index in [4.69, 9.17) is 10.8 Å². The van der Waals surface area contributed by atoms with Crippen molar-refractivity contribution in [2.45, 2.75) is 6.42 Å². The van der Waals surface area contributed by atoms with Crippen molar-refractivity contribution >= 4 is 17.0 Å². The van der Waals surface area contributed by atoms with Crippen LogP contribution in [-0.4, -0.2) is 11.4 Å². The van der Waals surface area contributed by atoms with E-state index in [1.165, 1.54) is 0 Å². The first-order chi connectivity index (χ1) is 12.2. The van der Waals surface area contributed by atoms with Gasteiger partial charge in [0, 0.05) is 12.1 Å². The molecule has 2 nitrogen and oxygen atoms in total. The highest BCUT2D eigenvalue weighted by Gasteiger charge is 2.09. The first-order valence-electron chi connectivity index (χ1n) is 8.27. The fraction of sp³-hybridized carbons (Fsp3) is 0.0435. The van der Waals surface area contributed by atoms with Crippen LogP contribution >= 0.6 is 0 Å². The highest BCUT2D eigenvalue weighted by atomic mass is 14.4. The first kappa shape index (κ1) is 16.6. The minimum atomic E-state index is 0.459. The Hall–Kier alpha value is -3.26. The molecule has 0 aromatic heterocycles. The van der Waals surface area contributed by atoms with Gasteiger partial charge in [0.1, 0.15) is 0 Å². The molecule has 0 aliphatic carbocycles. The molecule has 0 atom stereocenters. The zero-order valence-electron chi connectivity index (χ0n) is 13.9. The number of benzene rings is 3. The van der Waals surface area contributed by atoms with Gasteiger partial charge in [-0.1, -0.05) is 91.0 Å². The molecule has 0 fully saturated rings. The van der Waals surface area contributed by atoms with Crippen molar-refractivity contribution in [3.8, 4) is 0 Å². The molecule has 3 aromatic carbocycles. The van der Waals surface area contributed by atoms with Gasteiger partial charge in [0.25, 0.3) is 0 Å². The highest BCUT2D eigenvalue weighted by Crippen LogP contribution is 2.21. The lowest BCUT2D eigenvalue weighted by Crippen LogP contribution is -2.03. The van der Waals surface area contributed by atoms with Gasteiger partial charge in [-0.3, -0.25) is 0 Å². The Kier molecular flexibility index (Phi) is 5.32. The molecular weight excluding hydrogens is 304 g/mol. The second-order valence-electron chi connectivity index (χ2n) is 5.84. The van der Waals surface area contributed by atoms with Crippen LogP contribution in [-0.2, 0) is 0 Å². The van der Waals surface area contributed by atoms with E-state index in [1.54, 1.807) is 0 Å². The topological polar surface area (TPSA) is 47.7 Å². The maximum atomic E-state index is 8.45. The molecule has 0 saturated carbocycles. The molecule has 122 valence electrons. The minimum Gasteiger partial charge on any atom is -0.304 e. The summed E-state index contributed by atoms with van der Waals surface area (Å²) in [4.78, 5) is 0. The number of rotatable bonds is 6. The Balaban J connectivity index is 1.92. The number of hydrogen-bond acceptors (Lipinski definition) is 2. The molecule has 2 N–H and O–H groups in total. The van der Waals surface area contributed by atoms with Crippen LogP contribution in [0.5, 0.6) is 0 Å². The third kappa shape index (κ3) is 4.39. The molecule has 0 radical (unpaired) electrons. The van der Waals surface area contributed by atoms with Gasteiger partial charge in [0.15, 0.2) is 0 Å². The van der Waals surface area contributed by atoms with Gasteiger partial charge in [0.2, 0.25) is 0 Å². The zero-order chi connectivity index (χ0) is 17.5. The van der Waals surface area contributed by atoms with Crippen LogP contribution in [0.25, 0.3) is 5.57 Å². The van der Waals surface area contributed by atoms with Crippen molar-refractivity contribution in [3.05, 3.63) is 114 Å². The third-order valence-corrected chi connectivity index (χ3v) is 4.04. The molecule has 0 amide bonds. The van der Waals surface area contributed by atoms with E-state index in [0.717, 1.165) is 22.3 Å². The predicted molar refractivity (Wildman–Crippen MR) is 106 cm³/mol. The molecule has 0 bridgehead atoms. The van der Waals surface area contributed by atoms with Gasteiger partial charge < -0.3 is 10.8 Å². The largest absolute Gasteiger partial charge is 0.304 e. The van der Waals surface area contributed by atoms with E-state index < -0.39 is 0 Å². The van der Waals surface area contributed by atoms with Crippen molar-refractivity contribution in [2.75, 3.05) is 0 Å². The molecule has 0 saturated heterocycles. The fourth-order valence-electron chi connectivity index (χ4n) is 2.70. The monoisotopic (exact) mass is 324 g/mol. The summed E-state index contributed by atoms with van der Waals surface area (Å²) in [6.45, 7) is 0. The molecule has 25 heavy (non-hydrogen) atoms. The van der Waals surface area contributed by atoms with Gasteiger partial charge in [-0.05, 0) is 28.3 Å². The predicted octanol–water partition coefficient (Wildman–Crippen LogP) is 5.60. The lowest BCUT2D eigenvalue weighted by molar-refractivity contribution is 1.35. The molecule has 3 aromatic rings. The fourth-order valence-corrected chi connectivity index (χ4v) is 2.70. The third-order valence-electron chi connectivity index (χ3n) is 4.04. The van der Waals surface area contributed by atoms with Crippen LogP contribution < -0.4 is 0 Å². The Bertz CT molecular complexity index is 879. The second-order valence-corrected chi connectivity index (χ2v) is 5.84. The van der Waals surface area contributed by atoms with Crippen LogP contribution in [0.3, 0.4) is 0 Å². The van der Waals surface area contributed by atoms with Crippen LogP contribution in [0.15, 0.2) is 97.1 Å². The summed E-state index contributed by atoms with van der Waals surface area (Å²) >= 11 is 0.